The standard InChI is InChI=1S/C21H12F4N4O3/c22-12-3-1-11(2-4-12)15-8-18(21(23,24)25)29-19(28-15)14(9-26-29)20(30)27-13-5-6-16-17(7-13)32-10-31-16/h1-9H,10H2,(H,27,30). The van der Waals surface area contributed by atoms with Crippen molar-refractivity contribution in [3.8, 4) is 22.8 Å². The molecule has 0 saturated heterocycles. The molecule has 4 aromatic rings. The van der Waals surface area contributed by atoms with Gasteiger partial charge >= 0.3 is 6.18 Å². The number of aromatic nitrogens is 3. The zero-order valence-corrected chi connectivity index (χ0v) is 16.0. The van der Waals surface area contributed by atoms with Gasteiger partial charge in [0.1, 0.15) is 11.4 Å². The van der Waals surface area contributed by atoms with Crippen LogP contribution in [0.3, 0.4) is 0 Å². The average molecular weight is 444 g/mol. The molecule has 0 spiro atoms. The fraction of sp³-hybridized carbons (Fsp3) is 0.0952. The molecule has 0 bridgehead atoms. The summed E-state index contributed by atoms with van der Waals surface area (Å²) in [5.41, 5.74) is -1.06. The summed E-state index contributed by atoms with van der Waals surface area (Å²) in [5.74, 6) is -0.312. The van der Waals surface area contributed by atoms with E-state index in [1.807, 2.05) is 0 Å². The summed E-state index contributed by atoms with van der Waals surface area (Å²) in [6.07, 6.45) is -3.76. The molecule has 0 atom stereocenters. The van der Waals surface area contributed by atoms with E-state index in [4.69, 9.17) is 9.47 Å². The smallest absolute Gasteiger partial charge is 0.433 e. The predicted molar refractivity (Wildman–Crippen MR) is 104 cm³/mol. The van der Waals surface area contributed by atoms with Crippen molar-refractivity contribution in [1.82, 2.24) is 14.6 Å². The molecule has 0 unspecified atom stereocenters. The van der Waals surface area contributed by atoms with Gasteiger partial charge in [-0.15, -0.1) is 0 Å². The van der Waals surface area contributed by atoms with E-state index in [1.165, 1.54) is 18.2 Å². The highest BCUT2D eigenvalue weighted by atomic mass is 19.4. The third-order valence-corrected chi connectivity index (χ3v) is 4.78. The van der Waals surface area contributed by atoms with Crippen molar-refractivity contribution in [1.29, 1.82) is 0 Å². The summed E-state index contributed by atoms with van der Waals surface area (Å²) < 4.78 is 65.3. The van der Waals surface area contributed by atoms with Crippen LogP contribution in [0.15, 0.2) is 54.7 Å². The van der Waals surface area contributed by atoms with Crippen LogP contribution in [0.5, 0.6) is 11.5 Å². The number of nitrogens with one attached hydrogen (secondary N) is 1. The molecule has 32 heavy (non-hydrogen) atoms. The molecule has 2 aromatic carbocycles. The molecule has 162 valence electrons. The number of fused-ring (bicyclic) bond motifs is 2. The van der Waals surface area contributed by atoms with Crippen LogP contribution in [-0.2, 0) is 6.18 Å². The Kier molecular flexibility index (Phi) is 4.47. The Balaban J connectivity index is 1.58. The summed E-state index contributed by atoms with van der Waals surface area (Å²) in [5, 5.41) is 6.32. The van der Waals surface area contributed by atoms with Crippen LogP contribution in [0.1, 0.15) is 16.1 Å². The van der Waals surface area contributed by atoms with Crippen LogP contribution in [0.2, 0.25) is 0 Å². The van der Waals surface area contributed by atoms with Crippen LogP contribution in [0.4, 0.5) is 23.2 Å². The number of alkyl halides is 3. The molecule has 1 aliphatic rings. The maximum absolute atomic E-state index is 13.7. The van der Waals surface area contributed by atoms with Gasteiger partial charge in [-0.1, -0.05) is 0 Å². The van der Waals surface area contributed by atoms with Gasteiger partial charge in [-0.25, -0.2) is 13.9 Å². The highest BCUT2D eigenvalue weighted by Gasteiger charge is 2.36. The first-order chi connectivity index (χ1) is 15.3. The lowest BCUT2D eigenvalue weighted by Crippen LogP contribution is -2.15. The number of rotatable bonds is 3. The van der Waals surface area contributed by atoms with Crippen molar-refractivity contribution in [2.24, 2.45) is 0 Å². The first-order valence-electron chi connectivity index (χ1n) is 9.22. The van der Waals surface area contributed by atoms with Crippen molar-refractivity contribution < 1.29 is 31.8 Å². The number of amides is 1. The lowest BCUT2D eigenvalue weighted by atomic mass is 10.1. The Morgan fingerprint density at radius 2 is 1.78 bits per heavy atom. The van der Waals surface area contributed by atoms with E-state index in [-0.39, 0.29) is 29.3 Å². The molecular weight excluding hydrogens is 432 g/mol. The Hall–Kier alpha value is -4.15. The molecule has 1 amide bonds. The fourth-order valence-electron chi connectivity index (χ4n) is 3.27. The van der Waals surface area contributed by atoms with E-state index in [9.17, 15) is 22.4 Å². The minimum atomic E-state index is -4.77. The van der Waals surface area contributed by atoms with Crippen molar-refractivity contribution in [2.45, 2.75) is 6.18 Å². The molecule has 5 rings (SSSR count). The number of halogens is 4. The molecule has 2 aromatic heterocycles. The molecule has 0 saturated carbocycles. The van der Waals surface area contributed by atoms with Crippen LogP contribution in [-0.4, -0.2) is 27.3 Å². The minimum Gasteiger partial charge on any atom is -0.454 e. The largest absolute Gasteiger partial charge is 0.454 e. The predicted octanol–water partition coefficient (Wildman–Crippen LogP) is 4.54. The van der Waals surface area contributed by atoms with Gasteiger partial charge in [-0.05, 0) is 42.5 Å². The molecule has 0 radical (unpaired) electrons. The maximum atomic E-state index is 13.7. The average Bonchev–Trinajstić information content (AvgIpc) is 3.39. The van der Waals surface area contributed by atoms with E-state index in [0.29, 0.717) is 21.7 Å². The molecular formula is C21H12F4N4O3. The van der Waals surface area contributed by atoms with Crippen LogP contribution < -0.4 is 14.8 Å². The number of hydrogen-bond acceptors (Lipinski definition) is 5. The fourth-order valence-corrected chi connectivity index (χ4v) is 3.27. The first-order valence-corrected chi connectivity index (χ1v) is 9.22. The van der Waals surface area contributed by atoms with Crippen LogP contribution >= 0.6 is 0 Å². The Morgan fingerprint density at radius 3 is 2.53 bits per heavy atom. The van der Waals surface area contributed by atoms with Crippen LogP contribution in [0.25, 0.3) is 16.9 Å². The van der Waals surface area contributed by atoms with E-state index in [2.05, 4.69) is 15.4 Å². The SMILES string of the molecule is O=C(Nc1ccc2c(c1)OCO2)c1cnn2c(C(F)(F)F)cc(-c3ccc(F)cc3)nc12. The van der Waals surface area contributed by atoms with Crippen molar-refractivity contribution in [3.63, 3.8) is 0 Å². The summed E-state index contributed by atoms with van der Waals surface area (Å²) in [7, 11) is 0. The highest BCUT2D eigenvalue weighted by molar-refractivity contribution is 6.08. The lowest BCUT2D eigenvalue weighted by Gasteiger charge is -2.12. The molecule has 1 N–H and O–H groups in total. The highest BCUT2D eigenvalue weighted by Crippen LogP contribution is 2.35. The zero-order chi connectivity index (χ0) is 22.5. The second-order valence-electron chi connectivity index (χ2n) is 6.85. The van der Waals surface area contributed by atoms with E-state index in [1.54, 1.807) is 12.1 Å². The van der Waals surface area contributed by atoms with Gasteiger partial charge in [0.15, 0.2) is 22.8 Å². The van der Waals surface area contributed by atoms with Crippen LogP contribution in [0, 0.1) is 5.82 Å². The van der Waals surface area contributed by atoms with Gasteiger partial charge in [-0.3, -0.25) is 4.79 Å². The third-order valence-electron chi connectivity index (χ3n) is 4.78. The molecule has 3 heterocycles. The first kappa shape index (κ1) is 19.8. The quantitative estimate of drug-likeness (QED) is 0.470. The van der Waals surface area contributed by atoms with Crippen molar-refractivity contribution in [3.05, 3.63) is 71.8 Å². The molecule has 1 aliphatic heterocycles. The van der Waals surface area contributed by atoms with Gasteiger partial charge < -0.3 is 14.8 Å². The van der Waals surface area contributed by atoms with Crippen molar-refractivity contribution >= 4 is 17.2 Å². The topological polar surface area (TPSA) is 77.8 Å². The summed E-state index contributed by atoms with van der Waals surface area (Å²) in [6, 6.07) is 10.3. The van der Waals surface area contributed by atoms with Gasteiger partial charge in [-0.2, -0.15) is 18.3 Å². The Morgan fingerprint density at radius 1 is 1.03 bits per heavy atom. The Bertz CT molecular complexity index is 1350. The van der Waals surface area contributed by atoms with E-state index < -0.39 is 23.6 Å². The second-order valence-corrected chi connectivity index (χ2v) is 6.85. The zero-order valence-electron chi connectivity index (χ0n) is 16.0. The molecule has 7 nitrogen and oxygen atoms in total. The number of nitrogens with zero attached hydrogens (tertiary/aromatic N) is 3. The molecule has 11 heteroatoms. The second kappa shape index (κ2) is 7.22. The van der Waals surface area contributed by atoms with Gasteiger partial charge in [0.25, 0.3) is 5.91 Å². The summed E-state index contributed by atoms with van der Waals surface area (Å²) in [6.45, 7) is 0.0527. The number of ether oxygens (including phenoxy) is 2. The number of hydrogen-bond donors (Lipinski definition) is 1. The third kappa shape index (κ3) is 3.47. The maximum Gasteiger partial charge on any atom is 0.433 e. The van der Waals surface area contributed by atoms with E-state index in [0.717, 1.165) is 24.4 Å². The number of carbonyl (C=O) groups is 1. The van der Waals surface area contributed by atoms with Gasteiger partial charge in [0.05, 0.1) is 11.9 Å². The monoisotopic (exact) mass is 444 g/mol. The number of carbonyl (C=O) groups excluding carboxylic acids is 1. The summed E-state index contributed by atoms with van der Waals surface area (Å²) >= 11 is 0. The van der Waals surface area contributed by atoms with E-state index >= 15 is 0 Å². The van der Waals surface area contributed by atoms with Gasteiger partial charge in [0.2, 0.25) is 6.79 Å². The minimum absolute atomic E-state index is 0.0527. The normalized spacial score (nSPS) is 12.9. The molecule has 0 fully saturated rings. The molecule has 0 aliphatic carbocycles. The number of benzene rings is 2. The van der Waals surface area contributed by atoms with Gasteiger partial charge in [0, 0.05) is 17.3 Å². The van der Waals surface area contributed by atoms with Crippen molar-refractivity contribution in [2.75, 3.05) is 12.1 Å². The Labute approximate surface area is 177 Å². The summed E-state index contributed by atoms with van der Waals surface area (Å²) in [4.78, 5) is 17.0. The lowest BCUT2D eigenvalue weighted by molar-refractivity contribution is -0.142. The number of anilines is 1.